The zero-order chi connectivity index (χ0) is 22.0. The van der Waals surface area contributed by atoms with Crippen molar-refractivity contribution in [2.75, 3.05) is 18.4 Å². The van der Waals surface area contributed by atoms with Crippen molar-refractivity contribution < 1.29 is 18.0 Å². The zero-order valence-corrected chi connectivity index (χ0v) is 19.0. The Morgan fingerprint density at radius 1 is 0.966 bits per heavy atom. The van der Waals surface area contributed by atoms with E-state index in [1.165, 1.54) is 12.1 Å². The van der Waals surface area contributed by atoms with Crippen LogP contribution in [0.1, 0.15) is 54.4 Å². The van der Waals surface area contributed by atoms with Gasteiger partial charge in [0.25, 0.3) is 0 Å². The summed E-state index contributed by atoms with van der Waals surface area (Å²) in [7, 11) is -3.61. The first-order chi connectivity index (χ1) is 13.2. The number of nitrogens with zero attached hydrogens (tertiary/aromatic N) is 1. The van der Waals surface area contributed by atoms with Crippen LogP contribution in [0.15, 0.2) is 29.2 Å². The average Bonchev–Trinajstić information content (AvgIpc) is 2.59. The molecule has 2 rings (SSSR count). The van der Waals surface area contributed by atoms with Crippen LogP contribution >= 0.6 is 0 Å². The molecule has 1 heterocycles. The van der Waals surface area contributed by atoms with E-state index < -0.39 is 21.0 Å². The Bertz CT molecular complexity index is 841. The molecule has 0 aliphatic carbocycles. The van der Waals surface area contributed by atoms with Crippen LogP contribution in [0.5, 0.6) is 0 Å². The van der Waals surface area contributed by atoms with E-state index in [0.717, 1.165) is 0 Å². The Balaban J connectivity index is 1.94. The summed E-state index contributed by atoms with van der Waals surface area (Å²) in [5, 5.41) is 2.86. The van der Waals surface area contributed by atoms with Gasteiger partial charge in [0.15, 0.2) is 0 Å². The van der Waals surface area contributed by atoms with Crippen molar-refractivity contribution >= 4 is 27.5 Å². The number of piperidine rings is 1. The van der Waals surface area contributed by atoms with Crippen molar-refractivity contribution in [2.24, 2.45) is 11.3 Å². The third kappa shape index (κ3) is 6.54. The predicted molar refractivity (Wildman–Crippen MR) is 114 cm³/mol. The van der Waals surface area contributed by atoms with Gasteiger partial charge in [-0.3, -0.25) is 9.59 Å². The maximum Gasteiger partial charge on any atom is 0.241 e. The number of likely N-dealkylation sites (tertiary alicyclic amines) is 1. The van der Waals surface area contributed by atoms with Crippen LogP contribution in [0.2, 0.25) is 0 Å². The van der Waals surface area contributed by atoms with Gasteiger partial charge in [-0.05, 0) is 57.9 Å². The van der Waals surface area contributed by atoms with E-state index in [2.05, 4.69) is 10.0 Å². The number of nitrogens with one attached hydrogen (secondary N) is 2. The summed E-state index contributed by atoms with van der Waals surface area (Å²) < 4.78 is 27.3. The van der Waals surface area contributed by atoms with Crippen molar-refractivity contribution in [2.45, 2.75) is 64.8 Å². The highest BCUT2D eigenvalue weighted by atomic mass is 32.2. The minimum Gasteiger partial charge on any atom is -0.342 e. The van der Waals surface area contributed by atoms with E-state index in [-0.39, 0.29) is 22.6 Å². The molecule has 0 bridgehead atoms. The first-order valence-electron chi connectivity index (χ1n) is 9.93. The number of carbonyl (C=O) groups excluding carboxylic acids is 2. The minimum atomic E-state index is -3.61. The monoisotopic (exact) mass is 423 g/mol. The summed E-state index contributed by atoms with van der Waals surface area (Å²) >= 11 is 0. The average molecular weight is 424 g/mol. The lowest BCUT2D eigenvalue weighted by Gasteiger charge is -2.35. The van der Waals surface area contributed by atoms with Gasteiger partial charge >= 0.3 is 0 Å². The third-order valence-electron chi connectivity index (χ3n) is 4.67. The van der Waals surface area contributed by atoms with Crippen molar-refractivity contribution in [1.82, 2.24) is 9.62 Å². The molecule has 162 valence electrons. The third-order valence-corrected chi connectivity index (χ3v) is 6.44. The van der Waals surface area contributed by atoms with Crippen LogP contribution in [0.4, 0.5) is 5.69 Å². The van der Waals surface area contributed by atoms with Crippen LogP contribution < -0.4 is 10.0 Å². The van der Waals surface area contributed by atoms with E-state index in [1.54, 1.807) is 32.9 Å². The maximum atomic E-state index is 12.6. The van der Waals surface area contributed by atoms with E-state index in [9.17, 15) is 18.0 Å². The summed E-state index contributed by atoms with van der Waals surface area (Å²) in [6, 6.07) is 6.14. The topological polar surface area (TPSA) is 95.6 Å². The largest absolute Gasteiger partial charge is 0.342 e. The molecular weight excluding hydrogens is 390 g/mol. The lowest BCUT2D eigenvalue weighted by Crippen LogP contribution is -2.45. The fourth-order valence-electron chi connectivity index (χ4n) is 3.24. The van der Waals surface area contributed by atoms with Gasteiger partial charge in [-0.25, -0.2) is 13.1 Å². The Labute approximate surface area is 174 Å². The normalized spacial score (nSPS) is 16.6. The lowest BCUT2D eigenvalue weighted by atomic mass is 9.90. The number of anilines is 1. The second-order valence-electron chi connectivity index (χ2n) is 9.69. The fraction of sp³-hybridized carbons (Fsp3) is 0.619. The molecule has 0 radical (unpaired) electrons. The molecule has 0 unspecified atom stereocenters. The van der Waals surface area contributed by atoms with Crippen LogP contribution in [0.25, 0.3) is 0 Å². The Morgan fingerprint density at radius 3 is 1.93 bits per heavy atom. The van der Waals surface area contributed by atoms with Crippen molar-refractivity contribution in [1.29, 1.82) is 0 Å². The van der Waals surface area contributed by atoms with Crippen LogP contribution in [0.3, 0.4) is 0 Å². The number of hydrogen-bond acceptors (Lipinski definition) is 4. The number of hydrogen-bond donors (Lipinski definition) is 2. The molecule has 1 aromatic carbocycles. The number of rotatable bonds is 4. The molecule has 0 saturated carbocycles. The summed E-state index contributed by atoms with van der Waals surface area (Å²) in [5.41, 5.74) is -0.438. The quantitative estimate of drug-likeness (QED) is 0.778. The summed E-state index contributed by atoms with van der Waals surface area (Å²) in [6.07, 6.45) is 1.24. The molecule has 0 aromatic heterocycles. The first kappa shape index (κ1) is 23.3. The number of carbonyl (C=O) groups is 2. The molecule has 1 fully saturated rings. The van der Waals surface area contributed by atoms with E-state index in [0.29, 0.717) is 31.6 Å². The molecule has 2 N–H and O–H groups in total. The molecule has 0 spiro atoms. The number of sulfonamides is 1. The summed E-state index contributed by atoms with van der Waals surface area (Å²) in [4.78, 5) is 26.9. The van der Waals surface area contributed by atoms with Crippen LogP contribution in [-0.4, -0.2) is 43.8 Å². The van der Waals surface area contributed by atoms with Crippen LogP contribution in [-0.2, 0) is 19.6 Å². The predicted octanol–water partition coefficient (Wildman–Crippen LogP) is 2.99. The Hall–Kier alpha value is -1.93. The highest BCUT2D eigenvalue weighted by Gasteiger charge is 2.32. The summed E-state index contributed by atoms with van der Waals surface area (Å²) in [5.74, 6) is -0.154. The van der Waals surface area contributed by atoms with Crippen LogP contribution in [0, 0.1) is 11.3 Å². The smallest absolute Gasteiger partial charge is 0.241 e. The Morgan fingerprint density at radius 2 is 1.48 bits per heavy atom. The highest BCUT2D eigenvalue weighted by molar-refractivity contribution is 7.89. The van der Waals surface area contributed by atoms with E-state index in [4.69, 9.17) is 0 Å². The molecule has 29 heavy (non-hydrogen) atoms. The van der Waals surface area contributed by atoms with Gasteiger partial charge < -0.3 is 10.2 Å². The molecule has 1 aliphatic heterocycles. The molecular formula is C21H33N3O4S. The standard InChI is InChI=1S/C21H33N3O4S/c1-20(2,3)19(26)24-13-11-15(12-14-24)18(25)22-16-7-9-17(10-8-16)29(27,28)23-21(4,5)6/h7-10,15,23H,11-14H2,1-6H3,(H,22,25). The second kappa shape index (κ2) is 8.44. The Kier molecular flexibility index (Phi) is 6.79. The highest BCUT2D eigenvalue weighted by Crippen LogP contribution is 2.25. The van der Waals surface area contributed by atoms with Crippen molar-refractivity contribution in [3.05, 3.63) is 24.3 Å². The molecule has 1 aromatic rings. The SMILES string of the molecule is CC(C)(C)NS(=O)(=O)c1ccc(NC(=O)C2CCN(C(=O)C(C)(C)C)CC2)cc1. The molecule has 7 nitrogen and oxygen atoms in total. The fourth-order valence-corrected chi connectivity index (χ4v) is 4.66. The van der Waals surface area contributed by atoms with E-state index >= 15 is 0 Å². The number of benzene rings is 1. The van der Waals surface area contributed by atoms with Crippen molar-refractivity contribution in [3.8, 4) is 0 Å². The van der Waals surface area contributed by atoms with Gasteiger partial charge in [0.2, 0.25) is 21.8 Å². The maximum absolute atomic E-state index is 12.6. The van der Waals surface area contributed by atoms with Gasteiger partial charge in [-0.2, -0.15) is 0 Å². The lowest BCUT2D eigenvalue weighted by molar-refractivity contribution is -0.142. The van der Waals surface area contributed by atoms with E-state index in [1.807, 2.05) is 25.7 Å². The molecule has 1 aliphatic rings. The van der Waals surface area contributed by atoms with Gasteiger partial charge in [-0.1, -0.05) is 20.8 Å². The molecule has 2 amide bonds. The molecule has 0 atom stereocenters. The van der Waals surface area contributed by atoms with Gasteiger partial charge in [0.1, 0.15) is 0 Å². The summed E-state index contributed by atoms with van der Waals surface area (Å²) in [6.45, 7) is 12.2. The first-order valence-corrected chi connectivity index (χ1v) is 11.4. The zero-order valence-electron chi connectivity index (χ0n) is 18.2. The van der Waals surface area contributed by atoms with Gasteiger partial charge in [0.05, 0.1) is 4.90 Å². The minimum absolute atomic E-state index is 0.101. The van der Waals surface area contributed by atoms with Gasteiger partial charge in [0, 0.05) is 35.6 Å². The van der Waals surface area contributed by atoms with Gasteiger partial charge in [-0.15, -0.1) is 0 Å². The molecule has 8 heteroatoms. The second-order valence-corrected chi connectivity index (χ2v) is 11.4. The van der Waals surface area contributed by atoms with Crippen molar-refractivity contribution in [3.63, 3.8) is 0 Å². The number of amides is 2. The molecule has 1 saturated heterocycles.